The van der Waals surface area contributed by atoms with Crippen LogP contribution >= 0.6 is 0 Å². The van der Waals surface area contributed by atoms with Crippen molar-refractivity contribution in [3.8, 4) is 0 Å². The van der Waals surface area contributed by atoms with Gasteiger partial charge in [-0.2, -0.15) is 0 Å². The largest absolute Gasteiger partial charge is 0.391 e. The monoisotopic (exact) mass is 294 g/mol. The zero-order valence-electron chi connectivity index (χ0n) is 13.2. The SMILES string of the molecule is CCNC(=NCCCc1c(C)noc1C)N1CC[C@@H](O)C1. The molecule has 0 amide bonds. The summed E-state index contributed by atoms with van der Waals surface area (Å²) in [5.74, 6) is 1.82. The third kappa shape index (κ3) is 4.20. The molecule has 1 aliphatic rings. The Labute approximate surface area is 126 Å². The van der Waals surface area contributed by atoms with E-state index in [2.05, 4.69) is 27.3 Å². The smallest absolute Gasteiger partial charge is 0.194 e. The van der Waals surface area contributed by atoms with Gasteiger partial charge >= 0.3 is 0 Å². The number of β-amino-alcohol motifs (C(OH)–C–C–N with tert-alkyl or cyclic N) is 1. The van der Waals surface area contributed by atoms with Crippen molar-refractivity contribution in [2.45, 2.75) is 46.1 Å². The van der Waals surface area contributed by atoms with E-state index in [1.807, 2.05) is 13.8 Å². The summed E-state index contributed by atoms with van der Waals surface area (Å²) in [5.41, 5.74) is 2.18. The maximum absolute atomic E-state index is 9.63. The molecule has 1 aliphatic heterocycles. The number of aliphatic hydroxyl groups excluding tert-OH is 1. The highest BCUT2D eigenvalue weighted by atomic mass is 16.5. The maximum atomic E-state index is 9.63. The number of guanidine groups is 1. The highest BCUT2D eigenvalue weighted by Gasteiger charge is 2.22. The van der Waals surface area contributed by atoms with Gasteiger partial charge in [0.2, 0.25) is 0 Å². The lowest BCUT2D eigenvalue weighted by Crippen LogP contribution is -2.40. The van der Waals surface area contributed by atoms with Crippen LogP contribution in [0.25, 0.3) is 0 Å². The van der Waals surface area contributed by atoms with Crippen molar-refractivity contribution < 1.29 is 9.63 Å². The first-order valence-corrected chi connectivity index (χ1v) is 7.75. The van der Waals surface area contributed by atoms with Crippen molar-refractivity contribution in [3.63, 3.8) is 0 Å². The third-order valence-corrected chi connectivity index (χ3v) is 3.83. The Morgan fingerprint density at radius 3 is 2.90 bits per heavy atom. The number of hydrogen-bond acceptors (Lipinski definition) is 4. The van der Waals surface area contributed by atoms with E-state index in [1.165, 1.54) is 5.56 Å². The van der Waals surface area contributed by atoms with Gasteiger partial charge in [-0.05, 0) is 40.0 Å². The molecule has 1 fully saturated rings. The molecule has 6 heteroatoms. The van der Waals surface area contributed by atoms with Crippen LogP contribution in [0.1, 0.15) is 36.8 Å². The van der Waals surface area contributed by atoms with Crippen molar-refractivity contribution in [1.29, 1.82) is 0 Å². The molecule has 0 spiro atoms. The fourth-order valence-corrected chi connectivity index (χ4v) is 2.66. The second kappa shape index (κ2) is 7.45. The third-order valence-electron chi connectivity index (χ3n) is 3.83. The molecule has 1 aromatic heterocycles. The predicted octanol–water partition coefficient (Wildman–Crippen LogP) is 1.26. The van der Waals surface area contributed by atoms with E-state index in [9.17, 15) is 5.11 Å². The number of nitrogens with zero attached hydrogens (tertiary/aromatic N) is 3. The van der Waals surface area contributed by atoms with Crippen molar-refractivity contribution >= 4 is 5.96 Å². The van der Waals surface area contributed by atoms with Crippen LogP contribution in [0.3, 0.4) is 0 Å². The van der Waals surface area contributed by atoms with Crippen molar-refractivity contribution in [1.82, 2.24) is 15.4 Å². The number of aliphatic hydroxyl groups is 1. The molecular weight excluding hydrogens is 268 g/mol. The molecule has 0 unspecified atom stereocenters. The number of likely N-dealkylation sites (tertiary alicyclic amines) is 1. The van der Waals surface area contributed by atoms with E-state index in [4.69, 9.17) is 4.52 Å². The molecule has 2 N–H and O–H groups in total. The standard InChI is InChI=1S/C15H26N4O2/c1-4-16-15(19-9-7-13(20)10-19)17-8-5-6-14-11(2)18-21-12(14)3/h13,20H,4-10H2,1-3H3,(H,16,17)/t13-/m1/s1. The first-order chi connectivity index (χ1) is 10.1. The summed E-state index contributed by atoms with van der Waals surface area (Å²) in [7, 11) is 0. The topological polar surface area (TPSA) is 73.9 Å². The number of aryl methyl sites for hydroxylation is 2. The summed E-state index contributed by atoms with van der Waals surface area (Å²) in [6.45, 7) is 9.14. The van der Waals surface area contributed by atoms with Crippen molar-refractivity contribution in [2.75, 3.05) is 26.2 Å². The fraction of sp³-hybridized carbons (Fsp3) is 0.733. The molecule has 0 aliphatic carbocycles. The van der Waals surface area contributed by atoms with E-state index in [0.717, 1.165) is 56.3 Å². The molecule has 1 saturated heterocycles. The van der Waals surface area contributed by atoms with Gasteiger partial charge in [0.05, 0.1) is 11.8 Å². The molecule has 0 saturated carbocycles. The lowest BCUT2D eigenvalue weighted by atomic mass is 10.1. The summed E-state index contributed by atoms with van der Waals surface area (Å²) >= 11 is 0. The van der Waals surface area contributed by atoms with Gasteiger partial charge in [0, 0.05) is 31.7 Å². The molecule has 6 nitrogen and oxygen atoms in total. The van der Waals surface area contributed by atoms with E-state index in [1.54, 1.807) is 0 Å². The van der Waals surface area contributed by atoms with Gasteiger partial charge in [-0.15, -0.1) is 0 Å². The summed E-state index contributed by atoms with van der Waals surface area (Å²) < 4.78 is 5.17. The van der Waals surface area contributed by atoms with Gasteiger partial charge in [-0.3, -0.25) is 4.99 Å². The van der Waals surface area contributed by atoms with Crippen LogP contribution < -0.4 is 5.32 Å². The highest BCUT2D eigenvalue weighted by molar-refractivity contribution is 5.80. The minimum atomic E-state index is -0.226. The second-order valence-corrected chi connectivity index (χ2v) is 5.53. The van der Waals surface area contributed by atoms with Crippen LogP contribution in [0.5, 0.6) is 0 Å². The van der Waals surface area contributed by atoms with Crippen LogP contribution in [0.2, 0.25) is 0 Å². The number of nitrogens with one attached hydrogen (secondary N) is 1. The molecular formula is C15H26N4O2. The molecule has 0 radical (unpaired) electrons. The molecule has 0 aromatic carbocycles. The van der Waals surface area contributed by atoms with Crippen LogP contribution in [0.4, 0.5) is 0 Å². The summed E-state index contributed by atoms with van der Waals surface area (Å²) in [6.07, 6.45) is 2.50. The number of hydrogen-bond donors (Lipinski definition) is 2. The Bertz CT molecular complexity index is 465. The number of rotatable bonds is 5. The Kier molecular flexibility index (Phi) is 5.61. The van der Waals surface area contributed by atoms with Crippen molar-refractivity contribution in [2.24, 2.45) is 4.99 Å². The van der Waals surface area contributed by atoms with Gasteiger partial charge in [0.25, 0.3) is 0 Å². The van der Waals surface area contributed by atoms with Gasteiger partial charge < -0.3 is 19.8 Å². The van der Waals surface area contributed by atoms with Gasteiger partial charge in [0.15, 0.2) is 5.96 Å². The van der Waals surface area contributed by atoms with E-state index < -0.39 is 0 Å². The van der Waals surface area contributed by atoms with Crippen LogP contribution in [-0.4, -0.2) is 53.4 Å². The summed E-state index contributed by atoms with van der Waals surface area (Å²) in [6, 6.07) is 0. The Balaban J connectivity index is 1.85. The van der Waals surface area contributed by atoms with Gasteiger partial charge in [0.1, 0.15) is 5.76 Å². The highest BCUT2D eigenvalue weighted by Crippen LogP contribution is 2.14. The first-order valence-electron chi connectivity index (χ1n) is 7.75. The second-order valence-electron chi connectivity index (χ2n) is 5.53. The average molecular weight is 294 g/mol. The lowest BCUT2D eigenvalue weighted by Gasteiger charge is -2.20. The zero-order valence-corrected chi connectivity index (χ0v) is 13.2. The molecule has 0 bridgehead atoms. The van der Waals surface area contributed by atoms with Crippen LogP contribution in [0, 0.1) is 13.8 Å². The quantitative estimate of drug-likeness (QED) is 0.486. The van der Waals surface area contributed by atoms with Gasteiger partial charge in [-0.25, -0.2) is 0 Å². The molecule has 2 rings (SSSR count). The molecule has 2 heterocycles. The molecule has 1 atom stereocenters. The first kappa shape index (κ1) is 15.8. The summed E-state index contributed by atoms with van der Waals surface area (Å²) in [4.78, 5) is 6.79. The Hall–Kier alpha value is -1.56. The van der Waals surface area contributed by atoms with Crippen molar-refractivity contribution in [3.05, 3.63) is 17.0 Å². The number of aliphatic imine (C=N–C) groups is 1. The Morgan fingerprint density at radius 1 is 1.52 bits per heavy atom. The van der Waals surface area contributed by atoms with Crippen LogP contribution in [-0.2, 0) is 6.42 Å². The predicted molar refractivity (Wildman–Crippen MR) is 82.5 cm³/mol. The normalized spacial score (nSPS) is 19.3. The van der Waals surface area contributed by atoms with E-state index >= 15 is 0 Å². The average Bonchev–Trinajstić information content (AvgIpc) is 3.02. The summed E-state index contributed by atoms with van der Waals surface area (Å²) in [5, 5.41) is 16.9. The number of aromatic nitrogens is 1. The molecule has 21 heavy (non-hydrogen) atoms. The van der Waals surface area contributed by atoms with Crippen LogP contribution in [0.15, 0.2) is 9.52 Å². The molecule has 118 valence electrons. The maximum Gasteiger partial charge on any atom is 0.194 e. The minimum Gasteiger partial charge on any atom is -0.391 e. The van der Waals surface area contributed by atoms with E-state index in [0.29, 0.717) is 6.54 Å². The van der Waals surface area contributed by atoms with E-state index in [-0.39, 0.29) is 6.10 Å². The Morgan fingerprint density at radius 2 is 2.33 bits per heavy atom. The zero-order chi connectivity index (χ0) is 15.2. The molecule has 1 aromatic rings. The van der Waals surface area contributed by atoms with Gasteiger partial charge in [-0.1, -0.05) is 5.16 Å². The fourth-order valence-electron chi connectivity index (χ4n) is 2.66. The minimum absolute atomic E-state index is 0.226. The lowest BCUT2D eigenvalue weighted by molar-refractivity contribution is 0.188.